The van der Waals surface area contributed by atoms with Crippen molar-refractivity contribution in [3.63, 3.8) is 0 Å². The lowest BCUT2D eigenvalue weighted by Crippen LogP contribution is -2.28. The molecular weight excluding hydrogens is 370 g/mol. The van der Waals surface area contributed by atoms with Gasteiger partial charge in [0.2, 0.25) is 15.9 Å². The molecule has 3 rings (SSSR count). The van der Waals surface area contributed by atoms with Gasteiger partial charge in [0.1, 0.15) is 5.82 Å². The molecule has 2 heterocycles. The van der Waals surface area contributed by atoms with Gasteiger partial charge in [-0.2, -0.15) is 5.10 Å². The second-order valence-electron chi connectivity index (χ2n) is 6.66. The minimum absolute atomic E-state index is 0.0823. The molecular formula is C17H21N5O4S. The van der Waals surface area contributed by atoms with Crippen LogP contribution in [0.25, 0.3) is 0 Å². The molecule has 2 amide bonds. The van der Waals surface area contributed by atoms with Crippen LogP contribution in [0.5, 0.6) is 0 Å². The van der Waals surface area contributed by atoms with E-state index in [2.05, 4.69) is 15.7 Å². The summed E-state index contributed by atoms with van der Waals surface area (Å²) < 4.78 is 26.8. The first-order valence-corrected chi connectivity index (χ1v) is 9.76. The molecule has 1 aliphatic rings. The second kappa shape index (κ2) is 6.78. The van der Waals surface area contributed by atoms with Crippen LogP contribution < -0.4 is 10.6 Å². The minimum Gasteiger partial charge on any atom is -0.310 e. The van der Waals surface area contributed by atoms with Crippen LogP contribution in [0, 0.1) is 5.92 Å². The Balaban J connectivity index is 1.83. The Morgan fingerprint density at radius 1 is 1.30 bits per heavy atom. The SMILES string of the molecule is C[C@@H]1Cc2c(NC(=O)c3ccc(S(=O)(=O)N(C)C)cc3)nn(C)c2NC1=O. The van der Waals surface area contributed by atoms with E-state index in [1.54, 1.807) is 14.0 Å². The van der Waals surface area contributed by atoms with E-state index in [1.165, 1.54) is 43.0 Å². The van der Waals surface area contributed by atoms with Crippen molar-refractivity contribution in [2.45, 2.75) is 18.2 Å². The minimum atomic E-state index is -3.55. The summed E-state index contributed by atoms with van der Waals surface area (Å²) in [5.74, 6) is 0.248. The Kier molecular flexibility index (Phi) is 4.79. The van der Waals surface area contributed by atoms with Crippen molar-refractivity contribution in [3.8, 4) is 0 Å². The maximum atomic E-state index is 12.5. The zero-order valence-corrected chi connectivity index (χ0v) is 16.3. The average Bonchev–Trinajstić information content (AvgIpc) is 2.90. The number of amides is 2. The summed E-state index contributed by atoms with van der Waals surface area (Å²) in [6.45, 7) is 1.81. The van der Waals surface area contributed by atoms with E-state index in [-0.39, 0.29) is 16.7 Å². The van der Waals surface area contributed by atoms with Gasteiger partial charge in [-0.15, -0.1) is 0 Å². The Morgan fingerprint density at radius 2 is 1.93 bits per heavy atom. The predicted octanol–water partition coefficient (Wildman–Crippen LogP) is 1.05. The lowest BCUT2D eigenvalue weighted by atomic mass is 9.98. The number of aromatic nitrogens is 2. The van der Waals surface area contributed by atoms with Crippen molar-refractivity contribution in [2.75, 3.05) is 24.7 Å². The number of aryl methyl sites for hydroxylation is 1. The third kappa shape index (κ3) is 3.45. The van der Waals surface area contributed by atoms with Gasteiger partial charge in [-0.25, -0.2) is 12.7 Å². The lowest BCUT2D eigenvalue weighted by molar-refractivity contribution is -0.119. The van der Waals surface area contributed by atoms with Crippen LogP contribution in [-0.2, 0) is 28.3 Å². The first-order valence-electron chi connectivity index (χ1n) is 8.32. The van der Waals surface area contributed by atoms with Gasteiger partial charge in [0.05, 0.1) is 4.90 Å². The van der Waals surface area contributed by atoms with Crippen LogP contribution >= 0.6 is 0 Å². The number of sulfonamides is 1. The van der Waals surface area contributed by atoms with Crippen LogP contribution in [0.1, 0.15) is 22.8 Å². The average molecular weight is 391 g/mol. The molecule has 0 unspecified atom stereocenters. The molecule has 1 aromatic carbocycles. The molecule has 1 atom stereocenters. The molecule has 1 aromatic heterocycles. The van der Waals surface area contributed by atoms with Gasteiger partial charge in [0.25, 0.3) is 5.91 Å². The number of rotatable bonds is 4. The molecule has 0 bridgehead atoms. The third-order valence-corrected chi connectivity index (χ3v) is 6.30. The van der Waals surface area contributed by atoms with E-state index >= 15 is 0 Å². The van der Waals surface area contributed by atoms with E-state index in [1.807, 2.05) is 0 Å². The van der Waals surface area contributed by atoms with Crippen molar-refractivity contribution in [1.29, 1.82) is 0 Å². The fraction of sp³-hybridized carbons (Fsp3) is 0.353. The molecule has 0 fully saturated rings. The fourth-order valence-electron chi connectivity index (χ4n) is 2.83. The molecule has 0 saturated carbocycles. The largest absolute Gasteiger partial charge is 0.310 e. The van der Waals surface area contributed by atoms with E-state index < -0.39 is 15.9 Å². The fourth-order valence-corrected chi connectivity index (χ4v) is 3.73. The zero-order chi connectivity index (χ0) is 19.9. The first kappa shape index (κ1) is 19.1. The molecule has 144 valence electrons. The van der Waals surface area contributed by atoms with Crippen molar-refractivity contribution in [3.05, 3.63) is 35.4 Å². The monoisotopic (exact) mass is 391 g/mol. The molecule has 2 N–H and O–H groups in total. The summed E-state index contributed by atoms with van der Waals surface area (Å²) in [4.78, 5) is 24.5. The van der Waals surface area contributed by atoms with E-state index in [9.17, 15) is 18.0 Å². The van der Waals surface area contributed by atoms with Crippen LogP contribution in [0.15, 0.2) is 29.2 Å². The highest BCUT2D eigenvalue weighted by molar-refractivity contribution is 7.89. The van der Waals surface area contributed by atoms with Gasteiger partial charge < -0.3 is 10.6 Å². The van der Waals surface area contributed by atoms with Crippen molar-refractivity contribution >= 4 is 33.5 Å². The van der Waals surface area contributed by atoms with Crippen LogP contribution in [0.4, 0.5) is 11.6 Å². The third-order valence-electron chi connectivity index (χ3n) is 4.47. The number of carbonyl (C=O) groups is 2. The van der Waals surface area contributed by atoms with Crippen molar-refractivity contribution < 1.29 is 18.0 Å². The van der Waals surface area contributed by atoms with Gasteiger partial charge in [-0.05, 0) is 30.7 Å². The summed E-state index contributed by atoms with van der Waals surface area (Å²) in [5, 5.41) is 9.80. The number of carbonyl (C=O) groups excluding carboxylic acids is 2. The second-order valence-corrected chi connectivity index (χ2v) is 8.81. The Labute approximate surface area is 157 Å². The molecule has 10 heteroatoms. The molecule has 0 spiro atoms. The predicted molar refractivity (Wildman–Crippen MR) is 100.0 cm³/mol. The standard InChI is InChI=1S/C17H21N5O4S/c1-10-9-13-14(20-22(4)15(13)19-16(10)23)18-17(24)11-5-7-12(8-6-11)27(25,26)21(2)3/h5-8,10H,9H2,1-4H3,(H,19,23)(H,18,20,24)/t10-/m1/s1. The topological polar surface area (TPSA) is 113 Å². The van der Waals surface area contributed by atoms with Gasteiger partial charge in [-0.1, -0.05) is 6.92 Å². The maximum absolute atomic E-state index is 12.5. The first-order chi connectivity index (χ1) is 12.6. The van der Waals surface area contributed by atoms with Crippen LogP contribution in [-0.4, -0.2) is 48.4 Å². The molecule has 0 saturated heterocycles. The van der Waals surface area contributed by atoms with Crippen molar-refractivity contribution in [1.82, 2.24) is 14.1 Å². The molecule has 2 aromatic rings. The number of benzene rings is 1. The summed E-state index contributed by atoms with van der Waals surface area (Å²) in [5.41, 5.74) is 1.07. The summed E-state index contributed by atoms with van der Waals surface area (Å²) in [7, 11) is 1.02. The number of hydrogen-bond acceptors (Lipinski definition) is 5. The molecule has 0 radical (unpaired) electrons. The summed E-state index contributed by atoms with van der Waals surface area (Å²) in [6, 6.07) is 5.68. The van der Waals surface area contributed by atoms with E-state index in [0.717, 1.165) is 9.87 Å². The Hall–Kier alpha value is -2.72. The van der Waals surface area contributed by atoms with Crippen LogP contribution in [0.3, 0.4) is 0 Å². The number of hydrogen-bond donors (Lipinski definition) is 2. The molecule has 27 heavy (non-hydrogen) atoms. The highest BCUT2D eigenvalue weighted by Gasteiger charge is 2.29. The van der Waals surface area contributed by atoms with Gasteiger partial charge >= 0.3 is 0 Å². The van der Waals surface area contributed by atoms with Crippen molar-refractivity contribution in [2.24, 2.45) is 13.0 Å². The zero-order valence-electron chi connectivity index (χ0n) is 15.5. The molecule has 1 aliphatic heterocycles. The number of fused-ring (bicyclic) bond motifs is 1. The number of nitrogens with zero attached hydrogens (tertiary/aromatic N) is 3. The summed E-state index contributed by atoms with van der Waals surface area (Å²) in [6.07, 6.45) is 0.477. The van der Waals surface area contributed by atoms with E-state index in [0.29, 0.717) is 23.6 Å². The summed E-state index contributed by atoms with van der Waals surface area (Å²) >= 11 is 0. The van der Waals surface area contributed by atoms with Gasteiger partial charge in [-0.3, -0.25) is 14.3 Å². The quantitative estimate of drug-likeness (QED) is 0.809. The van der Waals surface area contributed by atoms with Gasteiger partial charge in [0.15, 0.2) is 5.82 Å². The molecule has 0 aliphatic carbocycles. The molecule has 9 nitrogen and oxygen atoms in total. The number of nitrogens with one attached hydrogen (secondary N) is 2. The smallest absolute Gasteiger partial charge is 0.256 e. The lowest BCUT2D eigenvalue weighted by Gasteiger charge is -2.19. The maximum Gasteiger partial charge on any atom is 0.256 e. The van der Waals surface area contributed by atoms with Gasteiger partial charge in [0, 0.05) is 38.2 Å². The Morgan fingerprint density at radius 3 is 2.52 bits per heavy atom. The Bertz CT molecular complexity index is 1010. The van der Waals surface area contributed by atoms with Crippen LogP contribution in [0.2, 0.25) is 0 Å². The number of anilines is 2. The highest BCUT2D eigenvalue weighted by Crippen LogP contribution is 2.31. The highest BCUT2D eigenvalue weighted by atomic mass is 32.2. The normalized spacial score (nSPS) is 16.8. The van der Waals surface area contributed by atoms with E-state index in [4.69, 9.17) is 0 Å².